The molecule has 0 aliphatic heterocycles. The molecule has 0 aliphatic carbocycles. The summed E-state index contributed by atoms with van der Waals surface area (Å²) in [5, 5.41) is 12.1. The van der Waals surface area contributed by atoms with Gasteiger partial charge in [-0.2, -0.15) is 0 Å². The van der Waals surface area contributed by atoms with Gasteiger partial charge in [0.25, 0.3) is 5.91 Å². The molecule has 23 heavy (non-hydrogen) atoms. The number of phenols is 1. The highest BCUT2D eigenvalue weighted by Gasteiger charge is 2.20. The van der Waals surface area contributed by atoms with Gasteiger partial charge in [-0.05, 0) is 24.1 Å². The summed E-state index contributed by atoms with van der Waals surface area (Å²) < 4.78 is 9.97. The maximum atomic E-state index is 11.9. The van der Waals surface area contributed by atoms with Crippen LogP contribution in [-0.4, -0.2) is 43.3 Å². The third-order valence-corrected chi connectivity index (χ3v) is 3.60. The van der Waals surface area contributed by atoms with Gasteiger partial charge in [-0.1, -0.05) is 20.3 Å². The number of rotatable bonds is 8. The average Bonchev–Trinajstić information content (AvgIpc) is 2.57. The Morgan fingerprint density at radius 3 is 2.70 bits per heavy atom. The summed E-state index contributed by atoms with van der Waals surface area (Å²) in [4.78, 5) is 23.6. The number of hydrogen-bond donors (Lipinski definition) is 3. The summed E-state index contributed by atoms with van der Waals surface area (Å²) >= 11 is 0. The first-order valence-corrected chi connectivity index (χ1v) is 7.48. The van der Waals surface area contributed by atoms with Gasteiger partial charge in [-0.25, -0.2) is 0 Å². The van der Waals surface area contributed by atoms with E-state index >= 15 is 0 Å². The fraction of sp³-hybridized carbons (Fsp3) is 0.500. The Kier molecular flexibility index (Phi) is 7.34. The monoisotopic (exact) mass is 324 g/mol. The van der Waals surface area contributed by atoms with E-state index in [9.17, 15) is 14.7 Å². The molecule has 0 fully saturated rings. The first kappa shape index (κ1) is 18.8. The quantitative estimate of drug-likeness (QED) is 0.487. The standard InChI is InChI=1S/C16H24N2O5/c1-4-10(2)14(17)16(21)23-8-7-18-15(20)11-5-6-12(19)13(9-11)22-3/h5-6,9-10,14,19H,4,7-8,17H2,1-3H3,(H,18,20)/t10-,14-/m0/s1. The molecule has 4 N–H and O–H groups in total. The fourth-order valence-corrected chi connectivity index (χ4v) is 1.82. The molecule has 0 radical (unpaired) electrons. The zero-order valence-corrected chi connectivity index (χ0v) is 13.7. The Morgan fingerprint density at radius 1 is 1.39 bits per heavy atom. The van der Waals surface area contributed by atoms with Gasteiger partial charge in [0.15, 0.2) is 11.5 Å². The minimum Gasteiger partial charge on any atom is -0.504 e. The predicted molar refractivity (Wildman–Crippen MR) is 85.4 cm³/mol. The van der Waals surface area contributed by atoms with E-state index in [2.05, 4.69) is 5.32 Å². The number of carbonyl (C=O) groups is 2. The Hall–Kier alpha value is -2.28. The lowest BCUT2D eigenvalue weighted by Crippen LogP contribution is -2.39. The van der Waals surface area contributed by atoms with Crippen LogP contribution >= 0.6 is 0 Å². The molecule has 7 nitrogen and oxygen atoms in total. The first-order chi connectivity index (χ1) is 10.9. The van der Waals surface area contributed by atoms with Gasteiger partial charge in [0.1, 0.15) is 12.6 Å². The van der Waals surface area contributed by atoms with Crippen molar-refractivity contribution in [1.29, 1.82) is 0 Å². The average molecular weight is 324 g/mol. The lowest BCUT2D eigenvalue weighted by molar-refractivity contribution is -0.146. The van der Waals surface area contributed by atoms with Crippen LogP contribution in [0.2, 0.25) is 0 Å². The van der Waals surface area contributed by atoms with Gasteiger partial charge >= 0.3 is 5.97 Å². The van der Waals surface area contributed by atoms with E-state index in [-0.39, 0.29) is 36.5 Å². The molecule has 0 aliphatic rings. The molecule has 0 spiro atoms. The molecule has 0 saturated carbocycles. The van der Waals surface area contributed by atoms with Crippen LogP contribution in [0.15, 0.2) is 18.2 Å². The lowest BCUT2D eigenvalue weighted by atomic mass is 10.0. The van der Waals surface area contributed by atoms with Crippen molar-refractivity contribution in [3.8, 4) is 11.5 Å². The van der Waals surface area contributed by atoms with Crippen LogP contribution in [0.3, 0.4) is 0 Å². The van der Waals surface area contributed by atoms with E-state index in [0.717, 1.165) is 6.42 Å². The van der Waals surface area contributed by atoms with E-state index in [1.807, 2.05) is 13.8 Å². The normalized spacial score (nSPS) is 13.0. The van der Waals surface area contributed by atoms with Gasteiger partial charge < -0.3 is 25.6 Å². The molecule has 0 unspecified atom stereocenters. The van der Waals surface area contributed by atoms with Crippen molar-refractivity contribution in [2.24, 2.45) is 11.7 Å². The van der Waals surface area contributed by atoms with Crippen molar-refractivity contribution in [2.45, 2.75) is 26.3 Å². The van der Waals surface area contributed by atoms with Crippen molar-refractivity contribution in [1.82, 2.24) is 5.32 Å². The van der Waals surface area contributed by atoms with Gasteiger partial charge in [-0.15, -0.1) is 0 Å². The molecule has 0 aromatic heterocycles. The second-order valence-electron chi connectivity index (χ2n) is 5.22. The number of benzene rings is 1. The van der Waals surface area contributed by atoms with Gasteiger partial charge in [0.2, 0.25) is 0 Å². The molecule has 1 amide bonds. The van der Waals surface area contributed by atoms with Crippen molar-refractivity contribution < 1.29 is 24.2 Å². The molecule has 0 saturated heterocycles. The van der Waals surface area contributed by atoms with E-state index in [4.69, 9.17) is 15.2 Å². The van der Waals surface area contributed by atoms with Gasteiger partial charge in [-0.3, -0.25) is 9.59 Å². The third kappa shape index (κ3) is 5.45. The Balaban J connectivity index is 2.41. The molecule has 0 heterocycles. The lowest BCUT2D eigenvalue weighted by Gasteiger charge is -2.16. The summed E-state index contributed by atoms with van der Waals surface area (Å²) in [5.41, 5.74) is 6.09. The zero-order chi connectivity index (χ0) is 17.4. The van der Waals surface area contributed by atoms with Crippen LogP contribution in [0, 0.1) is 5.92 Å². The molecular formula is C16H24N2O5. The number of carbonyl (C=O) groups excluding carboxylic acids is 2. The van der Waals surface area contributed by atoms with Crippen molar-refractivity contribution in [3.05, 3.63) is 23.8 Å². The maximum Gasteiger partial charge on any atom is 0.323 e. The molecular weight excluding hydrogens is 300 g/mol. The Bertz CT molecular complexity index is 547. The summed E-state index contributed by atoms with van der Waals surface area (Å²) in [6.45, 7) is 4.04. The first-order valence-electron chi connectivity index (χ1n) is 7.48. The van der Waals surface area contributed by atoms with Crippen molar-refractivity contribution in [2.75, 3.05) is 20.3 Å². The maximum absolute atomic E-state index is 11.9. The largest absolute Gasteiger partial charge is 0.504 e. The van der Waals surface area contributed by atoms with Gasteiger partial charge in [0.05, 0.1) is 13.7 Å². The van der Waals surface area contributed by atoms with Crippen LogP contribution in [-0.2, 0) is 9.53 Å². The van der Waals surface area contributed by atoms with Crippen LogP contribution in [0.25, 0.3) is 0 Å². The molecule has 128 valence electrons. The second-order valence-corrected chi connectivity index (χ2v) is 5.22. The number of ether oxygens (including phenoxy) is 2. The molecule has 2 atom stereocenters. The van der Waals surface area contributed by atoms with E-state index in [1.165, 1.54) is 25.3 Å². The Labute approximate surface area is 135 Å². The Morgan fingerprint density at radius 2 is 2.09 bits per heavy atom. The fourth-order valence-electron chi connectivity index (χ4n) is 1.82. The molecule has 1 aromatic rings. The predicted octanol–water partition coefficient (Wildman–Crippen LogP) is 1.05. The van der Waals surface area contributed by atoms with Crippen LogP contribution < -0.4 is 15.8 Å². The van der Waals surface area contributed by atoms with E-state index < -0.39 is 12.0 Å². The van der Waals surface area contributed by atoms with Crippen molar-refractivity contribution >= 4 is 11.9 Å². The highest BCUT2D eigenvalue weighted by molar-refractivity contribution is 5.94. The van der Waals surface area contributed by atoms with E-state index in [1.54, 1.807) is 0 Å². The minimum absolute atomic E-state index is 0.0431. The number of aromatic hydroxyl groups is 1. The molecule has 7 heteroatoms. The van der Waals surface area contributed by atoms with Crippen LogP contribution in [0.4, 0.5) is 0 Å². The molecule has 1 rings (SSSR count). The summed E-state index contributed by atoms with van der Waals surface area (Å²) in [7, 11) is 1.40. The number of esters is 1. The smallest absolute Gasteiger partial charge is 0.323 e. The van der Waals surface area contributed by atoms with Crippen LogP contribution in [0.5, 0.6) is 11.5 Å². The summed E-state index contributed by atoms with van der Waals surface area (Å²) in [6.07, 6.45) is 0.787. The zero-order valence-electron chi connectivity index (χ0n) is 13.7. The number of amides is 1. The summed E-state index contributed by atoms with van der Waals surface area (Å²) in [6, 6.07) is 3.61. The number of phenolic OH excluding ortho intramolecular Hbond substituents is 1. The topological polar surface area (TPSA) is 111 Å². The minimum atomic E-state index is -0.655. The number of methoxy groups -OCH3 is 1. The van der Waals surface area contributed by atoms with Gasteiger partial charge in [0, 0.05) is 5.56 Å². The number of nitrogens with one attached hydrogen (secondary N) is 1. The molecule has 0 bridgehead atoms. The van der Waals surface area contributed by atoms with Crippen molar-refractivity contribution in [3.63, 3.8) is 0 Å². The number of hydrogen-bond acceptors (Lipinski definition) is 6. The van der Waals surface area contributed by atoms with E-state index in [0.29, 0.717) is 5.56 Å². The highest BCUT2D eigenvalue weighted by Crippen LogP contribution is 2.26. The molecule has 1 aromatic carbocycles. The third-order valence-electron chi connectivity index (χ3n) is 3.60. The highest BCUT2D eigenvalue weighted by atomic mass is 16.5. The SMILES string of the molecule is CC[C@H](C)[C@H](N)C(=O)OCCNC(=O)c1ccc(O)c(OC)c1. The summed E-state index contributed by atoms with van der Waals surface area (Å²) in [5.74, 6) is -0.618. The van der Waals surface area contributed by atoms with Crippen LogP contribution in [0.1, 0.15) is 30.6 Å². The second kappa shape index (κ2) is 8.99. The number of nitrogens with two attached hydrogens (primary N) is 1.